The molecule has 2 aromatic carbocycles. The van der Waals surface area contributed by atoms with Crippen molar-refractivity contribution in [2.24, 2.45) is 0 Å². The molecule has 2 unspecified atom stereocenters. The van der Waals surface area contributed by atoms with E-state index >= 15 is 0 Å². The molecule has 172 valence electrons. The molecular weight excluding hydrogens is 376 g/mol. The standard InChI is InChI=1S/C30H46O/c1-9-11-13-29(25-15-17-27(21(3)4)23(7)19-25)31-30(14-12-10-2)26-16-18-28(22(5)6)24(8)20-26/h15-22,29-30H,9-14H2,1-8H3. The molecule has 0 amide bonds. The molecule has 0 bridgehead atoms. The summed E-state index contributed by atoms with van der Waals surface area (Å²) in [5, 5.41) is 0. The highest BCUT2D eigenvalue weighted by Crippen LogP contribution is 2.36. The second-order valence-electron chi connectivity index (χ2n) is 9.94. The van der Waals surface area contributed by atoms with E-state index < -0.39 is 0 Å². The molecule has 1 nitrogen and oxygen atoms in total. The number of benzene rings is 2. The summed E-state index contributed by atoms with van der Waals surface area (Å²) >= 11 is 0. The molecule has 0 N–H and O–H groups in total. The first-order valence-corrected chi connectivity index (χ1v) is 12.6. The Morgan fingerprint density at radius 1 is 0.645 bits per heavy atom. The van der Waals surface area contributed by atoms with E-state index in [2.05, 4.69) is 91.8 Å². The van der Waals surface area contributed by atoms with Crippen molar-refractivity contribution >= 4 is 0 Å². The van der Waals surface area contributed by atoms with E-state index in [9.17, 15) is 0 Å². The van der Waals surface area contributed by atoms with Crippen LogP contribution in [0.1, 0.15) is 137 Å². The zero-order valence-electron chi connectivity index (χ0n) is 21.4. The molecule has 31 heavy (non-hydrogen) atoms. The molecule has 0 aliphatic carbocycles. The summed E-state index contributed by atoms with van der Waals surface area (Å²) in [5.74, 6) is 1.12. The number of hydrogen-bond acceptors (Lipinski definition) is 1. The molecule has 0 heterocycles. The maximum absolute atomic E-state index is 6.94. The maximum atomic E-state index is 6.94. The van der Waals surface area contributed by atoms with Crippen LogP contribution in [-0.2, 0) is 4.74 Å². The molecular formula is C30H46O. The van der Waals surface area contributed by atoms with Crippen molar-refractivity contribution in [1.29, 1.82) is 0 Å². The first-order chi connectivity index (χ1) is 14.8. The summed E-state index contributed by atoms with van der Waals surface area (Å²) in [6.07, 6.45) is 7.28. The van der Waals surface area contributed by atoms with Crippen LogP contribution in [0.5, 0.6) is 0 Å². The van der Waals surface area contributed by atoms with Crippen LogP contribution in [0.15, 0.2) is 36.4 Å². The van der Waals surface area contributed by atoms with E-state index in [1.54, 1.807) is 0 Å². The predicted molar refractivity (Wildman–Crippen MR) is 136 cm³/mol. The molecule has 1 heteroatoms. The number of ether oxygens (including phenoxy) is 1. The van der Waals surface area contributed by atoms with Crippen LogP contribution in [0.3, 0.4) is 0 Å². The van der Waals surface area contributed by atoms with Crippen LogP contribution in [-0.4, -0.2) is 0 Å². The van der Waals surface area contributed by atoms with Crippen LogP contribution in [0.25, 0.3) is 0 Å². The average molecular weight is 423 g/mol. The highest BCUT2D eigenvalue weighted by molar-refractivity contribution is 5.36. The molecule has 2 rings (SSSR count). The van der Waals surface area contributed by atoms with Crippen molar-refractivity contribution < 1.29 is 4.74 Å². The van der Waals surface area contributed by atoms with Crippen LogP contribution in [0.2, 0.25) is 0 Å². The van der Waals surface area contributed by atoms with Gasteiger partial charge in [0.15, 0.2) is 0 Å². The molecule has 2 atom stereocenters. The summed E-state index contributed by atoms with van der Waals surface area (Å²) in [4.78, 5) is 0. The SMILES string of the molecule is CCCCC(OC(CCCC)c1ccc(C(C)C)c(C)c1)c1ccc(C(C)C)c(C)c1. The number of unbranched alkanes of at least 4 members (excludes halogenated alkanes) is 2. The third kappa shape index (κ3) is 7.21. The van der Waals surface area contributed by atoms with Gasteiger partial charge in [-0.2, -0.15) is 0 Å². The third-order valence-electron chi connectivity index (χ3n) is 6.54. The van der Waals surface area contributed by atoms with Crippen LogP contribution >= 0.6 is 0 Å². The summed E-state index contributed by atoms with van der Waals surface area (Å²) in [7, 11) is 0. The minimum Gasteiger partial charge on any atom is -0.366 e. The smallest absolute Gasteiger partial charge is 0.0833 e. The van der Waals surface area contributed by atoms with Crippen LogP contribution in [0.4, 0.5) is 0 Å². The number of hydrogen-bond donors (Lipinski definition) is 0. The van der Waals surface area contributed by atoms with Gasteiger partial charge in [-0.15, -0.1) is 0 Å². The third-order valence-corrected chi connectivity index (χ3v) is 6.54. The lowest BCUT2D eigenvalue weighted by molar-refractivity contribution is -0.0260. The fraction of sp³-hybridized carbons (Fsp3) is 0.600. The van der Waals surface area contributed by atoms with Crippen molar-refractivity contribution in [3.8, 4) is 0 Å². The minimum absolute atomic E-state index is 0.159. The van der Waals surface area contributed by atoms with E-state index in [0.29, 0.717) is 11.8 Å². The van der Waals surface area contributed by atoms with Gasteiger partial charge in [-0.05, 0) is 71.9 Å². The Hall–Kier alpha value is -1.60. The first-order valence-electron chi connectivity index (χ1n) is 12.6. The fourth-order valence-corrected chi connectivity index (χ4v) is 4.70. The van der Waals surface area contributed by atoms with E-state index in [0.717, 1.165) is 12.8 Å². The summed E-state index contributed by atoms with van der Waals surface area (Å²) in [6, 6.07) is 14.0. The molecule has 0 aliphatic heterocycles. The largest absolute Gasteiger partial charge is 0.366 e. The lowest BCUT2D eigenvalue weighted by atomic mass is 9.92. The van der Waals surface area contributed by atoms with Crippen LogP contribution in [0, 0.1) is 13.8 Å². The average Bonchev–Trinajstić information content (AvgIpc) is 2.72. The van der Waals surface area contributed by atoms with Gasteiger partial charge >= 0.3 is 0 Å². The molecule has 0 radical (unpaired) electrons. The second kappa shape index (κ2) is 12.4. The zero-order chi connectivity index (χ0) is 23.0. The summed E-state index contributed by atoms with van der Waals surface area (Å²) in [6.45, 7) is 18.1. The van der Waals surface area contributed by atoms with Gasteiger partial charge in [-0.1, -0.05) is 104 Å². The normalized spacial score (nSPS) is 13.7. The van der Waals surface area contributed by atoms with Crippen molar-refractivity contribution in [2.75, 3.05) is 0 Å². The Balaban J connectivity index is 2.35. The van der Waals surface area contributed by atoms with E-state index in [1.807, 2.05) is 0 Å². The summed E-state index contributed by atoms with van der Waals surface area (Å²) < 4.78 is 6.94. The Bertz CT molecular complexity index is 735. The van der Waals surface area contributed by atoms with Gasteiger partial charge in [-0.25, -0.2) is 0 Å². The van der Waals surface area contributed by atoms with Gasteiger partial charge in [0.05, 0.1) is 12.2 Å². The van der Waals surface area contributed by atoms with Gasteiger partial charge in [0.1, 0.15) is 0 Å². The molecule has 0 aromatic heterocycles. The van der Waals surface area contributed by atoms with Crippen LogP contribution < -0.4 is 0 Å². The van der Waals surface area contributed by atoms with Crippen molar-refractivity contribution in [1.82, 2.24) is 0 Å². The topological polar surface area (TPSA) is 9.23 Å². The second-order valence-corrected chi connectivity index (χ2v) is 9.94. The Morgan fingerprint density at radius 2 is 1.03 bits per heavy atom. The highest BCUT2D eigenvalue weighted by atomic mass is 16.5. The van der Waals surface area contributed by atoms with Crippen molar-refractivity contribution in [3.63, 3.8) is 0 Å². The Kier molecular flexibility index (Phi) is 10.3. The van der Waals surface area contributed by atoms with Gasteiger partial charge < -0.3 is 4.74 Å². The molecule has 0 aliphatic rings. The van der Waals surface area contributed by atoms with Crippen molar-refractivity contribution in [3.05, 3.63) is 69.8 Å². The lowest BCUT2D eigenvalue weighted by Gasteiger charge is -2.27. The lowest BCUT2D eigenvalue weighted by Crippen LogP contribution is -2.12. The maximum Gasteiger partial charge on any atom is 0.0833 e. The molecule has 0 fully saturated rings. The molecule has 0 spiro atoms. The van der Waals surface area contributed by atoms with E-state index in [4.69, 9.17) is 4.74 Å². The molecule has 2 aromatic rings. The Morgan fingerprint density at radius 3 is 1.32 bits per heavy atom. The zero-order valence-corrected chi connectivity index (χ0v) is 21.4. The van der Waals surface area contributed by atoms with Gasteiger partial charge in [-0.3, -0.25) is 0 Å². The predicted octanol–water partition coefficient (Wildman–Crippen LogP) is 9.73. The quantitative estimate of drug-likeness (QED) is 0.331. The van der Waals surface area contributed by atoms with Gasteiger partial charge in [0.25, 0.3) is 0 Å². The van der Waals surface area contributed by atoms with Gasteiger partial charge in [0, 0.05) is 0 Å². The number of aryl methyl sites for hydroxylation is 2. The first kappa shape index (κ1) is 25.7. The van der Waals surface area contributed by atoms with Gasteiger partial charge in [0.2, 0.25) is 0 Å². The molecule has 0 saturated heterocycles. The van der Waals surface area contributed by atoms with E-state index in [-0.39, 0.29) is 12.2 Å². The monoisotopic (exact) mass is 422 g/mol. The summed E-state index contributed by atoms with van der Waals surface area (Å²) in [5.41, 5.74) is 8.35. The highest BCUT2D eigenvalue weighted by Gasteiger charge is 2.21. The molecule has 0 saturated carbocycles. The Labute approximate surface area is 192 Å². The number of rotatable bonds is 12. The van der Waals surface area contributed by atoms with E-state index in [1.165, 1.54) is 59.1 Å². The minimum atomic E-state index is 0.159. The van der Waals surface area contributed by atoms with Crippen molar-refractivity contribution in [2.45, 2.75) is 118 Å². The fourth-order valence-electron chi connectivity index (χ4n) is 4.70.